The molecule has 1 heterocycles. The Morgan fingerprint density at radius 1 is 1.28 bits per heavy atom. The molecule has 1 aliphatic carbocycles. The third-order valence-corrected chi connectivity index (χ3v) is 2.95. The molecule has 0 unspecified atom stereocenters. The van der Waals surface area contributed by atoms with Crippen LogP contribution in [0, 0.1) is 6.92 Å². The van der Waals surface area contributed by atoms with E-state index in [2.05, 4.69) is 15.3 Å². The van der Waals surface area contributed by atoms with Crippen LogP contribution < -0.4 is 10.1 Å². The summed E-state index contributed by atoms with van der Waals surface area (Å²) >= 11 is 0. The summed E-state index contributed by atoms with van der Waals surface area (Å²) < 4.78 is 10.9. The summed E-state index contributed by atoms with van der Waals surface area (Å²) in [5.74, 6) is 1.28. The van der Waals surface area contributed by atoms with Crippen molar-refractivity contribution < 1.29 is 9.47 Å². The molecule has 0 atom stereocenters. The molecule has 0 saturated heterocycles. The molecule has 0 aliphatic heterocycles. The molecular weight excluding hydrogens is 230 g/mol. The molecular formula is C13H21N3O2. The first-order chi connectivity index (χ1) is 8.71. The number of ether oxygens (including phenoxy) is 2. The molecule has 0 aromatic carbocycles. The molecule has 1 aliphatic rings. The first-order valence-corrected chi connectivity index (χ1v) is 6.57. The second kappa shape index (κ2) is 6.00. The molecule has 0 radical (unpaired) electrons. The van der Waals surface area contributed by atoms with Crippen LogP contribution in [0.2, 0.25) is 0 Å². The Morgan fingerprint density at radius 3 is 2.72 bits per heavy atom. The lowest BCUT2D eigenvalue weighted by molar-refractivity contribution is 0.00284. The van der Waals surface area contributed by atoms with Crippen molar-refractivity contribution >= 4 is 5.95 Å². The van der Waals surface area contributed by atoms with Crippen LogP contribution in [0.3, 0.4) is 0 Å². The molecule has 1 fully saturated rings. The van der Waals surface area contributed by atoms with E-state index >= 15 is 0 Å². The highest BCUT2D eigenvalue weighted by Gasteiger charge is 2.30. The highest BCUT2D eigenvalue weighted by Crippen LogP contribution is 2.26. The van der Waals surface area contributed by atoms with Crippen LogP contribution in [0.4, 0.5) is 5.95 Å². The lowest BCUT2D eigenvalue weighted by atomic mass is 9.89. The van der Waals surface area contributed by atoms with Crippen LogP contribution in [0.5, 0.6) is 5.88 Å². The van der Waals surface area contributed by atoms with E-state index in [0.717, 1.165) is 25.1 Å². The number of anilines is 1. The largest absolute Gasteiger partial charge is 0.478 e. The van der Waals surface area contributed by atoms with Crippen LogP contribution in [-0.4, -0.2) is 35.3 Å². The zero-order valence-electron chi connectivity index (χ0n) is 11.3. The van der Waals surface area contributed by atoms with Crippen molar-refractivity contribution in [1.29, 1.82) is 0 Å². The Kier molecular flexibility index (Phi) is 4.36. The van der Waals surface area contributed by atoms with Gasteiger partial charge in [0.2, 0.25) is 11.8 Å². The van der Waals surface area contributed by atoms with Gasteiger partial charge in [0.1, 0.15) is 0 Å². The molecule has 18 heavy (non-hydrogen) atoms. The maximum Gasteiger partial charge on any atom is 0.226 e. The second-order valence-electron chi connectivity index (χ2n) is 4.49. The van der Waals surface area contributed by atoms with Crippen LogP contribution in [0.1, 0.15) is 32.4 Å². The van der Waals surface area contributed by atoms with Crippen molar-refractivity contribution in [2.24, 2.45) is 0 Å². The van der Waals surface area contributed by atoms with Crippen molar-refractivity contribution in [2.45, 2.75) is 45.8 Å². The van der Waals surface area contributed by atoms with Crippen LogP contribution in [0.15, 0.2) is 6.07 Å². The molecule has 0 spiro atoms. The van der Waals surface area contributed by atoms with E-state index in [0.29, 0.717) is 30.6 Å². The highest BCUT2D eigenvalue weighted by atomic mass is 16.5. The molecule has 1 aromatic heterocycles. The second-order valence-corrected chi connectivity index (χ2v) is 4.49. The topological polar surface area (TPSA) is 56.3 Å². The molecule has 1 saturated carbocycles. The number of aryl methyl sites for hydroxylation is 1. The Hall–Kier alpha value is -1.36. The zero-order chi connectivity index (χ0) is 13.0. The Labute approximate surface area is 108 Å². The number of rotatable bonds is 6. The van der Waals surface area contributed by atoms with E-state index in [9.17, 15) is 0 Å². The van der Waals surface area contributed by atoms with Gasteiger partial charge in [-0.2, -0.15) is 4.98 Å². The molecule has 1 N–H and O–H groups in total. The van der Waals surface area contributed by atoms with E-state index < -0.39 is 0 Å². The van der Waals surface area contributed by atoms with Gasteiger partial charge in [0.25, 0.3) is 0 Å². The predicted octanol–water partition coefficient (Wildman–Crippen LogP) is 2.16. The molecule has 100 valence electrons. The Morgan fingerprint density at radius 2 is 2.06 bits per heavy atom. The summed E-state index contributed by atoms with van der Waals surface area (Å²) in [6.07, 6.45) is 2.44. The number of aromatic nitrogens is 2. The SMILES string of the molecule is CCOc1cc(C)nc(NC2CC(OCC)C2)n1. The fourth-order valence-corrected chi connectivity index (χ4v) is 2.06. The van der Waals surface area contributed by atoms with Gasteiger partial charge >= 0.3 is 0 Å². The normalized spacial score (nSPS) is 22.4. The molecule has 0 amide bonds. The van der Waals surface area contributed by atoms with Crippen LogP contribution in [0.25, 0.3) is 0 Å². The molecule has 2 rings (SSSR count). The van der Waals surface area contributed by atoms with Gasteiger partial charge in [-0.1, -0.05) is 0 Å². The minimum Gasteiger partial charge on any atom is -0.478 e. The average molecular weight is 251 g/mol. The van der Waals surface area contributed by atoms with Crippen LogP contribution in [-0.2, 0) is 4.74 Å². The predicted molar refractivity (Wildman–Crippen MR) is 70.0 cm³/mol. The maximum absolute atomic E-state index is 5.53. The fourth-order valence-electron chi connectivity index (χ4n) is 2.06. The van der Waals surface area contributed by atoms with Gasteiger partial charge < -0.3 is 14.8 Å². The smallest absolute Gasteiger partial charge is 0.226 e. The van der Waals surface area contributed by atoms with Gasteiger partial charge in [-0.15, -0.1) is 0 Å². The third kappa shape index (κ3) is 3.32. The highest BCUT2D eigenvalue weighted by molar-refractivity contribution is 5.32. The summed E-state index contributed by atoms with van der Waals surface area (Å²) in [7, 11) is 0. The minimum atomic E-state index is 0.392. The molecule has 0 bridgehead atoms. The van der Waals surface area contributed by atoms with Gasteiger partial charge in [0, 0.05) is 24.4 Å². The first kappa shape index (κ1) is 13.1. The summed E-state index contributed by atoms with van der Waals surface area (Å²) in [6, 6.07) is 2.26. The average Bonchev–Trinajstić information content (AvgIpc) is 2.26. The van der Waals surface area contributed by atoms with E-state index in [-0.39, 0.29) is 0 Å². The van der Waals surface area contributed by atoms with E-state index in [1.54, 1.807) is 0 Å². The van der Waals surface area contributed by atoms with Gasteiger partial charge in [-0.3, -0.25) is 0 Å². The Balaban J connectivity index is 1.90. The van der Waals surface area contributed by atoms with Crippen molar-refractivity contribution in [1.82, 2.24) is 9.97 Å². The summed E-state index contributed by atoms with van der Waals surface area (Å²) in [4.78, 5) is 8.70. The molecule has 5 heteroatoms. The summed E-state index contributed by atoms with van der Waals surface area (Å²) in [6.45, 7) is 7.32. The van der Waals surface area contributed by atoms with Crippen molar-refractivity contribution in [3.8, 4) is 5.88 Å². The molecule has 5 nitrogen and oxygen atoms in total. The minimum absolute atomic E-state index is 0.392. The van der Waals surface area contributed by atoms with Crippen molar-refractivity contribution in [3.05, 3.63) is 11.8 Å². The first-order valence-electron chi connectivity index (χ1n) is 6.57. The quantitative estimate of drug-likeness (QED) is 0.839. The van der Waals surface area contributed by atoms with Gasteiger partial charge in [0.05, 0.1) is 12.7 Å². The summed E-state index contributed by atoms with van der Waals surface area (Å²) in [5, 5.41) is 3.32. The number of hydrogen-bond donors (Lipinski definition) is 1. The van der Waals surface area contributed by atoms with E-state index in [1.165, 1.54) is 0 Å². The zero-order valence-corrected chi connectivity index (χ0v) is 11.3. The third-order valence-electron chi connectivity index (χ3n) is 2.95. The number of nitrogens with one attached hydrogen (secondary N) is 1. The number of nitrogens with zero attached hydrogens (tertiary/aromatic N) is 2. The lowest BCUT2D eigenvalue weighted by Crippen LogP contribution is -2.41. The maximum atomic E-state index is 5.53. The monoisotopic (exact) mass is 251 g/mol. The van der Waals surface area contributed by atoms with Gasteiger partial charge in [0.15, 0.2) is 0 Å². The van der Waals surface area contributed by atoms with Crippen molar-refractivity contribution in [2.75, 3.05) is 18.5 Å². The van der Waals surface area contributed by atoms with Gasteiger partial charge in [-0.25, -0.2) is 4.98 Å². The van der Waals surface area contributed by atoms with Gasteiger partial charge in [-0.05, 0) is 33.6 Å². The van der Waals surface area contributed by atoms with E-state index in [4.69, 9.17) is 9.47 Å². The Bertz CT molecular complexity index is 392. The van der Waals surface area contributed by atoms with E-state index in [1.807, 2.05) is 26.8 Å². The fraction of sp³-hybridized carbons (Fsp3) is 0.692. The summed E-state index contributed by atoms with van der Waals surface area (Å²) in [5.41, 5.74) is 0.914. The number of hydrogen-bond acceptors (Lipinski definition) is 5. The standard InChI is InChI=1S/C13H21N3O2/c1-4-17-11-7-10(8-11)15-13-14-9(3)6-12(16-13)18-5-2/h6,10-11H,4-5,7-8H2,1-3H3,(H,14,15,16). The van der Waals surface area contributed by atoms with Crippen LogP contribution >= 0.6 is 0 Å². The lowest BCUT2D eigenvalue weighted by Gasteiger charge is -2.35. The molecule has 1 aromatic rings. The van der Waals surface area contributed by atoms with Crippen molar-refractivity contribution in [3.63, 3.8) is 0 Å².